The highest BCUT2D eigenvalue weighted by Crippen LogP contribution is 2.20. The van der Waals surface area contributed by atoms with Crippen LogP contribution in [0.5, 0.6) is 0 Å². The van der Waals surface area contributed by atoms with Gasteiger partial charge in [0.2, 0.25) is 0 Å². The molecule has 0 amide bonds. The molecule has 2 fully saturated rings. The molecule has 2 saturated heterocycles. The van der Waals surface area contributed by atoms with E-state index in [1.54, 1.807) is 0 Å². The fourth-order valence-electron chi connectivity index (χ4n) is 2.60. The molecule has 0 atom stereocenters. The number of anilines is 1. The van der Waals surface area contributed by atoms with E-state index in [9.17, 15) is 0 Å². The van der Waals surface area contributed by atoms with E-state index in [2.05, 4.69) is 41.0 Å². The summed E-state index contributed by atoms with van der Waals surface area (Å²) in [6.07, 6.45) is 0. The average Bonchev–Trinajstić information content (AvgIpc) is 2.28. The Kier molecular flexibility index (Phi) is 3.04. The number of hydrogen-bond donors (Lipinski definition) is 0. The van der Waals surface area contributed by atoms with Crippen molar-refractivity contribution in [2.24, 2.45) is 0 Å². The molecule has 0 radical (unpaired) electrons. The molecule has 3 heteroatoms. The summed E-state index contributed by atoms with van der Waals surface area (Å²) in [6, 6.07) is 9.49. The minimum absolute atomic E-state index is 0.689. The standard InChI is InChI=1S/C14H20N2O/c1-12-3-2-4-13(9-12)15-5-7-16(8-6-15)14-10-17-11-14/h2-4,9,14H,5-8,10-11H2,1H3. The van der Waals surface area contributed by atoms with Crippen molar-refractivity contribution < 1.29 is 4.74 Å². The third-order valence-corrected chi connectivity index (χ3v) is 3.82. The quantitative estimate of drug-likeness (QED) is 0.769. The molecule has 0 unspecified atom stereocenters. The van der Waals surface area contributed by atoms with Gasteiger partial charge in [-0.3, -0.25) is 4.90 Å². The first kappa shape index (κ1) is 11.1. The normalized spacial score (nSPS) is 22.5. The van der Waals surface area contributed by atoms with Gasteiger partial charge >= 0.3 is 0 Å². The van der Waals surface area contributed by atoms with E-state index in [4.69, 9.17) is 4.74 Å². The molecule has 17 heavy (non-hydrogen) atoms. The van der Waals surface area contributed by atoms with Crippen LogP contribution in [0, 0.1) is 6.92 Å². The number of benzene rings is 1. The highest BCUT2D eigenvalue weighted by atomic mass is 16.5. The number of aryl methyl sites for hydroxylation is 1. The van der Waals surface area contributed by atoms with E-state index in [0.717, 1.165) is 26.3 Å². The average molecular weight is 232 g/mol. The number of rotatable bonds is 2. The molecule has 0 bridgehead atoms. The lowest BCUT2D eigenvalue weighted by molar-refractivity contribution is -0.0660. The molecule has 2 aliphatic rings. The first-order chi connectivity index (χ1) is 8.33. The zero-order chi connectivity index (χ0) is 11.7. The molecule has 0 spiro atoms. The van der Waals surface area contributed by atoms with Crippen LogP contribution in [0.1, 0.15) is 5.56 Å². The van der Waals surface area contributed by atoms with Crippen LogP contribution >= 0.6 is 0 Å². The lowest BCUT2D eigenvalue weighted by Gasteiger charge is -2.43. The third kappa shape index (κ3) is 2.31. The Hall–Kier alpha value is -1.06. The molecule has 3 nitrogen and oxygen atoms in total. The van der Waals surface area contributed by atoms with Gasteiger partial charge in [0.05, 0.1) is 19.3 Å². The predicted molar refractivity (Wildman–Crippen MR) is 69.6 cm³/mol. The van der Waals surface area contributed by atoms with Gasteiger partial charge in [0.25, 0.3) is 0 Å². The van der Waals surface area contributed by atoms with Crippen LogP contribution in [0.2, 0.25) is 0 Å². The highest BCUT2D eigenvalue weighted by Gasteiger charge is 2.28. The molecule has 0 aliphatic carbocycles. The molecule has 0 aromatic heterocycles. The molecule has 0 N–H and O–H groups in total. The zero-order valence-electron chi connectivity index (χ0n) is 10.4. The van der Waals surface area contributed by atoms with Gasteiger partial charge in [0.1, 0.15) is 0 Å². The molecular weight excluding hydrogens is 212 g/mol. The molecule has 0 saturated carbocycles. The summed E-state index contributed by atoms with van der Waals surface area (Å²) < 4.78 is 5.26. The Morgan fingerprint density at radius 2 is 1.88 bits per heavy atom. The fraction of sp³-hybridized carbons (Fsp3) is 0.571. The topological polar surface area (TPSA) is 15.7 Å². The third-order valence-electron chi connectivity index (χ3n) is 3.82. The Balaban J connectivity index is 1.60. The van der Waals surface area contributed by atoms with E-state index in [0.29, 0.717) is 6.04 Å². The van der Waals surface area contributed by atoms with Gasteiger partial charge < -0.3 is 9.64 Å². The number of hydrogen-bond acceptors (Lipinski definition) is 3. The van der Waals surface area contributed by atoms with Crippen LogP contribution in [0.25, 0.3) is 0 Å². The Labute approximate surface area is 103 Å². The number of ether oxygens (including phenoxy) is 1. The minimum atomic E-state index is 0.689. The molecule has 3 rings (SSSR count). The number of nitrogens with zero attached hydrogens (tertiary/aromatic N) is 2. The molecule has 2 heterocycles. The summed E-state index contributed by atoms with van der Waals surface area (Å²) in [5, 5.41) is 0. The second kappa shape index (κ2) is 4.67. The van der Waals surface area contributed by atoms with Crippen molar-refractivity contribution in [2.75, 3.05) is 44.3 Å². The van der Waals surface area contributed by atoms with Gasteiger partial charge in [0.15, 0.2) is 0 Å². The Morgan fingerprint density at radius 1 is 1.12 bits per heavy atom. The van der Waals surface area contributed by atoms with Gasteiger partial charge in [-0.25, -0.2) is 0 Å². The minimum Gasteiger partial charge on any atom is -0.378 e. The van der Waals surface area contributed by atoms with Crippen LogP contribution in [0.3, 0.4) is 0 Å². The monoisotopic (exact) mass is 232 g/mol. The summed E-state index contributed by atoms with van der Waals surface area (Å²) in [6.45, 7) is 8.64. The summed E-state index contributed by atoms with van der Waals surface area (Å²) in [7, 11) is 0. The maximum atomic E-state index is 5.26. The van der Waals surface area contributed by atoms with E-state index < -0.39 is 0 Å². The smallest absolute Gasteiger partial charge is 0.0645 e. The van der Waals surface area contributed by atoms with Crippen LogP contribution in [-0.2, 0) is 4.74 Å². The zero-order valence-corrected chi connectivity index (χ0v) is 10.4. The fourth-order valence-corrected chi connectivity index (χ4v) is 2.60. The van der Waals surface area contributed by atoms with E-state index in [1.807, 2.05) is 0 Å². The van der Waals surface area contributed by atoms with Crippen LogP contribution in [0.4, 0.5) is 5.69 Å². The Morgan fingerprint density at radius 3 is 2.47 bits per heavy atom. The van der Waals surface area contributed by atoms with Crippen molar-refractivity contribution in [2.45, 2.75) is 13.0 Å². The predicted octanol–water partition coefficient (Wildman–Crippen LogP) is 1.52. The molecule has 2 aliphatic heterocycles. The van der Waals surface area contributed by atoms with Crippen LogP contribution < -0.4 is 4.90 Å². The van der Waals surface area contributed by atoms with Crippen molar-refractivity contribution >= 4 is 5.69 Å². The van der Waals surface area contributed by atoms with Crippen molar-refractivity contribution in [1.29, 1.82) is 0 Å². The summed E-state index contributed by atoms with van der Waals surface area (Å²) in [5.41, 5.74) is 2.71. The molecule has 92 valence electrons. The SMILES string of the molecule is Cc1cccc(N2CCN(C3COC3)CC2)c1. The Bertz CT molecular complexity index is 382. The first-order valence-corrected chi connectivity index (χ1v) is 6.46. The van der Waals surface area contributed by atoms with Gasteiger partial charge in [0, 0.05) is 31.9 Å². The summed E-state index contributed by atoms with van der Waals surface area (Å²) in [5.74, 6) is 0. The summed E-state index contributed by atoms with van der Waals surface area (Å²) >= 11 is 0. The van der Waals surface area contributed by atoms with Crippen molar-refractivity contribution in [3.8, 4) is 0 Å². The highest BCUT2D eigenvalue weighted by molar-refractivity contribution is 5.48. The second-order valence-corrected chi connectivity index (χ2v) is 5.05. The second-order valence-electron chi connectivity index (χ2n) is 5.05. The van der Waals surface area contributed by atoms with Crippen LogP contribution in [-0.4, -0.2) is 50.3 Å². The van der Waals surface area contributed by atoms with Crippen molar-refractivity contribution in [1.82, 2.24) is 4.90 Å². The van der Waals surface area contributed by atoms with Gasteiger partial charge in [-0.15, -0.1) is 0 Å². The first-order valence-electron chi connectivity index (χ1n) is 6.46. The van der Waals surface area contributed by atoms with Gasteiger partial charge in [-0.1, -0.05) is 12.1 Å². The van der Waals surface area contributed by atoms with Gasteiger partial charge in [-0.2, -0.15) is 0 Å². The summed E-state index contributed by atoms with van der Waals surface area (Å²) in [4.78, 5) is 5.05. The van der Waals surface area contributed by atoms with E-state index in [-0.39, 0.29) is 0 Å². The maximum absolute atomic E-state index is 5.26. The largest absolute Gasteiger partial charge is 0.378 e. The van der Waals surface area contributed by atoms with Gasteiger partial charge in [-0.05, 0) is 24.6 Å². The molecule has 1 aromatic rings. The van der Waals surface area contributed by atoms with Crippen molar-refractivity contribution in [3.63, 3.8) is 0 Å². The van der Waals surface area contributed by atoms with Crippen molar-refractivity contribution in [3.05, 3.63) is 29.8 Å². The lowest BCUT2D eigenvalue weighted by atomic mass is 10.1. The molecule has 1 aromatic carbocycles. The number of piperazine rings is 1. The molecular formula is C14H20N2O. The lowest BCUT2D eigenvalue weighted by Crippen LogP contribution is -2.56. The van der Waals surface area contributed by atoms with E-state index >= 15 is 0 Å². The maximum Gasteiger partial charge on any atom is 0.0645 e. The van der Waals surface area contributed by atoms with Crippen LogP contribution in [0.15, 0.2) is 24.3 Å². The van der Waals surface area contributed by atoms with E-state index in [1.165, 1.54) is 24.3 Å².